The van der Waals surface area contributed by atoms with Gasteiger partial charge in [0, 0.05) is 24.3 Å². The quantitative estimate of drug-likeness (QED) is 0.782. The second kappa shape index (κ2) is 7.87. The highest BCUT2D eigenvalue weighted by atomic mass is 32.1. The molecular formula is C21H25N3OS. The van der Waals surface area contributed by atoms with Crippen LogP contribution >= 0.6 is 12.2 Å². The van der Waals surface area contributed by atoms with Crippen LogP contribution in [0, 0.1) is 13.8 Å². The fourth-order valence-electron chi connectivity index (χ4n) is 3.43. The van der Waals surface area contributed by atoms with Crippen molar-refractivity contribution in [3.8, 4) is 0 Å². The first-order valence-corrected chi connectivity index (χ1v) is 9.40. The molecule has 1 saturated heterocycles. The highest BCUT2D eigenvalue weighted by molar-refractivity contribution is 7.80. The largest absolute Gasteiger partial charge is 0.356 e. The van der Waals surface area contributed by atoms with Crippen molar-refractivity contribution in [3.05, 3.63) is 59.2 Å². The minimum Gasteiger partial charge on any atom is -0.356 e. The lowest BCUT2D eigenvalue weighted by Gasteiger charge is -2.20. The van der Waals surface area contributed by atoms with Crippen molar-refractivity contribution in [1.29, 1.82) is 0 Å². The number of thiocarbonyl (C=S) groups is 1. The number of nitrogens with zero attached hydrogens (tertiary/aromatic N) is 1. The molecule has 26 heavy (non-hydrogen) atoms. The number of carbonyl (C=O) groups excluding carboxylic acids is 1. The third-order valence-electron chi connectivity index (χ3n) is 4.73. The van der Waals surface area contributed by atoms with Gasteiger partial charge in [-0.3, -0.25) is 4.79 Å². The first kappa shape index (κ1) is 18.4. The lowest BCUT2D eigenvalue weighted by atomic mass is 10.0. The van der Waals surface area contributed by atoms with Gasteiger partial charge in [0.05, 0.1) is 6.04 Å². The topological polar surface area (TPSA) is 44.4 Å². The van der Waals surface area contributed by atoms with Crippen molar-refractivity contribution >= 4 is 34.6 Å². The second-order valence-corrected chi connectivity index (χ2v) is 7.29. The Morgan fingerprint density at radius 2 is 2.00 bits per heavy atom. The molecule has 1 heterocycles. The van der Waals surface area contributed by atoms with Crippen LogP contribution in [-0.2, 0) is 4.79 Å². The van der Waals surface area contributed by atoms with E-state index >= 15 is 0 Å². The van der Waals surface area contributed by atoms with Crippen molar-refractivity contribution < 1.29 is 4.79 Å². The van der Waals surface area contributed by atoms with E-state index in [9.17, 15) is 4.79 Å². The van der Waals surface area contributed by atoms with Crippen LogP contribution < -0.4 is 15.5 Å². The van der Waals surface area contributed by atoms with Gasteiger partial charge in [-0.1, -0.05) is 29.8 Å². The summed E-state index contributed by atoms with van der Waals surface area (Å²) in [5, 5.41) is 7.15. The summed E-state index contributed by atoms with van der Waals surface area (Å²) in [5.41, 5.74) is 5.54. The Hall–Kier alpha value is -2.40. The molecule has 1 aliphatic heterocycles. The fourth-order valence-corrected chi connectivity index (χ4v) is 3.72. The lowest BCUT2D eigenvalue weighted by Crippen LogP contribution is -2.31. The van der Waals surface area contributed by atoms with Crippen LogP contribution in [0.2, 0.25) is 0 Å². The molecule has 4 nitrogen and oxygen atoms in total. The van der Waals surface area contributed by atoms with E-state index in [1.165, 1.54) is 16.7 Å². The molecule has 0 saturated carbocycles. The number of carbonyl (C=O) groups is 1. The molecule has 0 unspecified atom stereocenters. The van der Waals surface area contributed by atoms with Gasteiger partial charge in [-0.15, -0.1) is 0 Å². The molecule has 3 rings (SSSR count). The van der Waals surface area contributed by atoms with Crippen molar-refractivity contribution in [1.82, 2.24) is 5.32 Å². The van der Waals surface area contributed by atoms with E-state index in [1.807, 2.05) is 29.2 Å². The number of hydrogen-bond acceptors (Lipinski definition) is 2. The molecule has 1 aliphatic rings. The van der Waals surface area contributed by atoms with Crippen LogP contribution in [0.1, 0.15) is 42.5 Å². The molecule has 136 valence electrons. The molecule has 0 radical (unpaired) electrons. The summed E-state index contributed by atoms with van der Waals surface area (Å²) >= 11 is 5.48. The fraction of sp³-hybridized carbons (Fsp3) is 0.333. The summed E-state index contributed by atoms with van der Waals surface area (Å²) in [6, 6.07) is 14.4. The van der Waals surface area contributed by atoms with Crippen molar-refractivity contribution in [2.24, 2.45) is 0 Å². The van der Waals surface area contributed by atoms with E-state index in [0.29, 0.717) is 11.5 Å². The molecule has 0 aromatic heterocycles. The van der Waals surface area contributed by atoms with Crippen LogP contribution in [0.5, 0.6) is 0 Å². The normalized spacial score (nSPS) is 15.0. The number of rotatable bonds is 4. The lowest BCUT2D eigenvalue weighted by molar-refractivity contribution is -0.117. The average molecular weight is 368 g/mol. The third-order valence-corrected chi connectivity index (χ3v) is 4.95. The van der Waals surface area contributed by atoms with E-state index in [0.717, 1.165) is 24.3 Å². The number of nitrogens with one attached hydrogen (secondary N) is 2. The van der Waals surface area contributed by atoms with Gasteiger partial charge in [-0.2, -0.15) is 0 Å². The van der Waals surface area contributed by atoms with Crippen LogP contribution in [-0.4, -0.2) is 17.6 Å². The van der Waals surface area contributed by atoms with Gasteiger partial charge in [0.1, 0.15) is 0 Å². The number of amides is 1. The Labute approximate surface area is 160 Å². The summed E-state index contributed by atoms with van der Waals surface area (Å²) in [5.74, 6) is 0.186. The van der Waals surface area contributed by atoms with Gasteiger partial charge in [-0.05, 0) is 68.7 Å². The SMILES string of the molecule is Cc1ccc([C@@H](C)NC(=S)Nc2cccc(N3CCCC3=O)c2)c(C)c1. The van der Waals surface area contributed by atoms with E-state index in [2.05, 4.69) is 49.6 Å². The van der Waals surface area contributed by atoms with E-state index < -0.39 is 0 Å². The first-order valence-electron chi connectivity index (χ1n) is 8.99. The van der Waals surface area contributed by atoms with Gasteiger partial charge in [0.2, 0.25) is 5.91 Å². The van der Waals surface area contributed by atoms with Gasteiger partial charge in [-0.25, -0.2) is 0 Å². The predicted octanol–water partition coefficient (Wildman–Crippen LogP) is 4.48. The summed E-state index contributed by atoms with van der Waals surface area (Å²) in [7, 11) is 0. The first-order chi connectivity index (χ1) is 12.4. The summed E-state index contributed by atoms with van der Waals surface area (Å²) < 4.78 is 0. The number of anilines is 2. The van der Waals surface area contributed by atoms with Gasteiger partial charge >= 0.3 is 0 Å². The Balaban J connectivity index is 1.65. The highest BCUT2D eigenvalue weighted by Gasteiger charge is 2.21. The molecule has 0 bridgehead atoms. The van der Waals surface area contributed by atoms with Crippen LogP contribution in [0.3, 0.4) is 0 Å². The molecule has 2 aromatic carbocycles. The molecule has 5 heteroatoms. The van der Waals surface area contributed by atoms with Crippen LogP contribution in [0.15, 0.2) is 42.5 Å². The summed E-state index contributed by atoms with van der Waals surface area (Å²) in [4.78, 5) is 13.8. The molecular weight excluding hydrogens is 342 g/mol. The molecule has 2 N–H and O–H groups in total. The predicted molar refractivity (Wildman–Crippen MR) is 112 cm³/mol. The minimum atomic E-state index is 0.110. The zero-order valence-electron chi connectivity index (χ0n) is 15.5. The zero-order valence-corrected chi connectivity index (χ0v) is 16.3. The van der Waals surface area contributed by atoms with Crippen LogP contribution in [0.25, 0.3) is 0 Å². The van der Waals surface area contributed by atoms with Crippen molar-refractivity contribution in [3.63, 3.8) is 0 Å². The van der Waals surface area contributed by atoms with E-state index in [1.54, 1.807) is 0 Å². The van der Waals surface area contributed by atoms with Gasteiger partial charge in [0.25, 0.3) is 0 Å². The summed E-state index contributed by atoms with van der Waals surface area (Å²) in [6.07, 6.45) is 1.55. The zero-order chi connectivity index (χ0) is 18.7. The average Bonchev–Trinajstić information content (AvgIpc) is 3.00. The van der Waals surface area contributed by atoms with Crippen LogP contribution in [0.4, 0.5) is 11.4 Å². The Morgan fingerprint density at radius 1 is 1.19 bits per heavy atom. The molecule has 1 amide bonds. The van der Waals surface area contributed by atoms with E-state index in [-0.39, 0.29) is 11.9 Å². The van der Waals surface area contributed by atoms with Gasteiger partial charge in [0.15, 0.2) is 5.11 Å². The van der Waals surface area contributed by atoms with Crippen molar-refractivity contribution in [2.75, 3.05) is 16.8 Å². The standard InChI is InChI=1S/C21H25N3OS/c1-14-9-10-19(15(2)12-14)16(3)22-21(26)23-17-6-4-7-18(13-17)24-11-5-8-20(24)25/h4,6-7,9-10,12-13,16H,5,8,11H2,1-3H3,(H2,22,23,26)/t16-/m1/s1. The van der Waals surface area contributed by atoms with Gasteiger partial charge < -0.3 is 15.5 Å². The maximum absolute atomic E-state index is 11.9. The third kappa shape index (κ3) is 4.22. The Bertz CT molecular complexity index is 834. The molecule has 0 spiro atoms. The Kier molecular flexibility index (Phi) is 5.57. The number of hydrogen-bond donors (Lipinski definition) is 2. The molecule has 2 aromatic rings. The van der Waals surface area contributed by atoms with Crippen molar-refractivity contribution in [2.45, 2.75) is 39.7 Å². The monoisotopic (exact) mass is 367 g/mol. The molecule has 0 aliphatic carbocycles. The number of aryl methyl sites for hydroxylation is 2. The smallest absolute Gasteiger partial charge is 0.227 e. The molecule has 1 fully saturated rings. The van der Waals surface area contributed by atoms with E-state index in [4.69, 9.17) is 12.2 Å². The highest BCUT2D eigenvalue weighted by Crippen LogP contribution is 2.24. The second-order valence-electron chi connectivity index (χ2n) is 6.88. The summed E-state index contributed by atoms with van der Waals surface area (Å²) in [6.45, 7) is 7.10. The molecule has 1 atom stereocenters. The maximum Gasteiger partial charge on any atom is 0.227 e. The maximum atomic E-state index is 11.9. The number of benzene rings is 2. The minimum absolute atomic E-state index is 0.110. The Morgan fingerprint density at radius 3 is 2.69 bits per heavy atom.